The molecule has 0 amide bonds. The van der Waals surface area contributed by atoms with Gasteiger partial charge in [0, 0.05) is 6.07 Å². The van der Waals surface area contributed by atoms with E-state index in [9.17, 15) is 0 Å². The van der Waals surface area contributed by atoms with Crippen LogP contribution in [0.3, 0.4) is 0 Å². The Morgan fingerprint density at radius 1 is 1.45 bits per heavy atom. The van der Waals surface area contributed by atoms with E-state index in [-0.39, 0.29) is 11.1 Å². The Kier molecular flexibility index (Phi) is 1.22. The van der Waals surface area contributed by atoms with Crippen LogP contribution in [0.5, 0.6) is 0 Å². The summed E-state index contributed by atoms with van der Waals surface area (Å²) in [7, 11) is 0. The van der Waals surface area contributed by atoms with Gasteiger partial charge in [0.05, 0.1) is 6.26 Å². The molecule has 11 heavy (non-hydrogen) atoms. The Morgan fingerprint density at radius 2 is 2.27 bits per heavy atom. The molecule has 56 valence electrons. The predicted octanol–water partition coefficient (Wildman–Crippen LogP) is 1.46. The SMILES string of the molecule is Nc1nc(Cl)nc2ccoc12. The van der Waals surface area contributed by atoms with E-state index in [0.717, 1.165) is 0 Å². The molecule has 0 bridgehead atoms. The summed E-state index contributed by atoms with van der Waals surface area (Å²) in [5.74, 6) is 0.269. The molecular weight excluding hydrogens is 166 g/mol. The molecule has 2 aromatic heterocycles. The summed E-state index contributed by atoms with van der Waals surface area (Å²) in [6.07, 6.45) is 1.49. The fourth-order valence-corrected chi connectivity index (χ4v) is 1.04. The molecule has 0 aliphatic heterocycles. The minimum Gasteiger partial charge on any atom is -0.459 e. The molecule has 0 atom stereocenters. The minimum atomic E-state index is 0.136. The third kappa shape index (κ3) is 0.914. The molecule has 0 aliphatic carbocycles. The van der Waals surface area contributed by atoms with Gasteiger partial charge in [-0.3, -0.25) is 0 Å². The van der Waals surface area contributed by atoms with Crippen molar-refractivity contribution in [3.63, 3.8) is 0 Å². The zero-order valence-corrected chi connectivity index (χ0v) is 6.17. The van der Waals surface area contributed by atoms with Gasteiger partial charge in [-0.25, -0.2) is 4.98 Å². The molecule has 2 heterocycles. The lowest BCUT2D eigenvalue weighted by molar-refractivity contribution is 0.615. The van der Waals surface area contributed by atoms with Crippen LogP contribution in [0.4, 0.5) is 5.82 Å². The molecule has 0 fully saturated rings. The second-order valence-corrected chi connectivity index (χ2v) is 2.35. The van der Waals surface area contributed by atoms with Gasteiger partial charge in [-0.05, 0) is 11.6 Å². The maximum atomic E-state index is 5.54. The predicted molar refractivity (Wildman–Crippen MR) is 41.2 cm³/mol. The summed E-state index contributed by atoms with van der Waals surface area (Å²) >= 11 is 5.54. The maximum absolute atomic E-state index is 5.54. The van der Waals surface area contributed by atoms with E-state index in [1.54, 1.807) is 6.07 Å². The zero-order chi connectivity index (χ0) is 7.84. The van der Waals surface area contributed by atoms with E-state index in [4.69, 9.17) is 21.8 Å². The Morgan fingerprint density at radius 3 is 3.09 bits per heavy atom. The summed E-state index contributed by atoms with van der Waals surface area (Å²) < 4.78 is 5.00. The fraction of sp³-hybridized carbons (Fsp3) is 0. The van der Waals surface area contributed by atoms with Crippen molar-refractivity contribution in [2.75, 3.05) is 5.73 Å². The van der Waals surface area contributed by atoms with Crippen LogP contribution < -0.4 is 5.73 Å². The Bertz CT molecular complexity index is 398. The van der Waals surface area contributed by atoms with Crippen LogP contribution >= 0.6 is 11.6 Å². The van der Waals surface area contributed by atoms with Crippen LogP contribution in [0.25, 0.3) is 11.1 Å². The first-order valence-electron chi connectivity index (χ1n) is 2.93. The topological polar surface area (TPSA) is 64.9 Å². The maximum Gasteiger partial charge on any atom is 0.225 e. The smallest absolute Gasteiger partial charge is 0.225 e. The first kappa shape index (κ1) is 6.42. The van der Waals surface area contributed by atoms with Crippen molar-refractivity contribution in [2.45, 2.75) is 0 Å². The van der Waals surface area contributed by atoms with Crippen LogP contribution in [0.1, 0.15) is 0 Å². The van der Waals surface area contributed by atoms with Gasteiger partial charge >= 0.3 is 0 Å². The van der Waals surface area contributed by atoms with Gasteiger partial charge in [0.15, 0.2) is 11.4 Å². The highest BCUT2D eigenvalue weighted by molar-refractivity contribution is 6.28. The van der Waals surface area contributed by atoms with Crippen molar-refractivity contribution in [3.8, 4) is 0 Å². The molecule has 2 N–H and O–H groups in total. The molecule has 0 unspecified atom stereocenters. The Balaban J connectivity index is 2.91. The average molecular weight is 170 g/mol. The lowest BCUT2D eigenvalue weighted by Crippen LogP contribution is -1.92. The Labute approximate surface area is 67.0 Å². The number of nitrogens with zero attached hydrogens (tertiary/aromatic N) is 2. The Hall–Kier alpha value is -1.29. The molecule has 4 nitrogen and oxygen atoms in total. The normalized spacial score (nSPS) is 10.6. The van der Waals surface area contributed by atoms with Crippen molar-refractivity contribution < 1.29 is 4.42 Å². The molecule has 0 aliphatic rings. The largest absolute Gasteiger partial charge is 0.459 e. The quantitative estimate of drug-likeness (QED) is 0.607. The molecule has 2 rings (SSSR count). The summed E-state index contributed by atoms with van der Waals surface area (Å²) in [5, 5.41) is 0.136. The van der Waals surface area contributed by atoms with E-state index in [2.05, 4.69) is 9.97 Å². The number of hydrogen-bond donors (Lipinski definition) is 1. The highest BCUT2D eigenvalue weighted by Crippen LogP contribution is 2.19. The van der Waals surface area contributed by atoms with Crippen molar-refractivity contribution >= 4 is 28.5 Å². The first-order valence-corrected chi connectivity index (χ1v) is 3.31. The van der Waals surface area contributed by atoms with Gasteiger partial charge in [-0.15, -0.1) is 0 Å². The van der Waals surface area contributed by atoms with Crippen LogP contribution in [0, 0.1) is 0 Å². The standard InChI is InChI=1S/C6H4ClN3O/c7-6-9-3-1-2-11-4(3)5(8)10-6/h1-2H,(H2,8,9,10). The van der Waals surface area contributed by atoms with Gasteiger partial charge in [-0.2, -0.15) is 4.98 Å². The number of anilines is 1. The third-order valence-corrected chi connectivity index (χ3v) is 1.47. The number of nitrogen functional groups attached to an aromatic ring is 1. The van der Waals surface area contributed by atoms with E-state index in [1.807, 2.05) is 0 Å². The highest BCUT2D eigenvalue weighted by atomic mass is 35.5. The number of furan rings is 1. The first-order chi connectivity index (χ1) is 5.27. The van der Waals surface area contributed by atoms with Crippen molar-refractivity contribution in [1.82, 2.24) is 9.97 Å². The van der Waals surface area contributed by atoms with Gasteiger partial charge < -0.3 is 10.2 Å². The number of hydrogen-bond acceptors (Lipinski definition) is 4. The van der Waals surface area contributed by atoms with Gasteiger partial charge in [0.25, 0.3) is 0 Å². The lowest BCUT2D eigenvalue weighted by atomic mass is 10.4. The van der Waals surface area contributed by atoms with E-state index in [1.165, 1.54) is 6.26 Å². The molecule has 0 spiro atoms. The minimum absolute atomic E-state index is 0.136. The van der Waals surface area contributed by atoms with E-state index >= 15 is 0 Å². The van der Waals surface area contributed by atoms with Crippen LogP contribution in [0.15, 0.2) is 16.7 Å². The molecule has 0 aromatic carbocycles. The second-order valence-electron chi connectivity index (χ2n) is 2.01. The summed E-state index contributed by atoms with van der Waals surface area (Å²) in [6, 6.07) is 1.68. The van der Waals surface area contributed by atoms with Crippen molar-refractivity contribution in [1.29, 1.82) is 0 Å². The number of aromatic nitrogens is 2. The molecule has 0 saturated carbocycles. The van der Waals surface area contributed by atoms with Crippen LogP contribution in [-0.2, 0) is 0 Å². The van der Waals surface area contributed by atoms with Crippen LogP contribution in [-0.4, -0.2) is 9.97 Å². The fourth-order valence-electron chi connectivity index (χ4n) is 0.857. The molecule has 2 aromatic rings. The van der Waals surface area contributed by atoms with E-state index in [0.29, 0.717) is 11.1 Å². The van der Waals surface area contributed by atoms with E-state index < -0.39 is 0 Å². The summed E-state index contributed by atoms with van der Waals surface area (Å²) in [5.41, 5.74) is 6.58. The number of rotatable bonds is 0. The summed E-state index contributed by atoms with van der Waals surface area (Å²) in [4.78, 5) is 7.59. The molecular formula is C6H4ClN3O. The highest BCUT2D eigenvalue weighted by Gasteiger charge is 2.04. The number of halogens is 1. The second kappa shape index (κ2) is 2.10. The molecule has 5 heteroatoms. The van der Waals surface area contributed by atoms with Gasteiger partial charge in [-0.1, -0.05) is 0 Å². The van der Waals surface area contributed by atoms with Crippen molar-refractivity contribution in [3.05, 3.63) is 17.6 Å². The lowest BCUT2D eigenvalue weighted by Gasteiger charge is -1.92. The zero-order valence-electron chi connectivity index (χ0n) is 5.41. The van der Waals surface area contributed by atoms with Gasteiger partial charge in [0.2, 0.25) is 5.28 Å². The van der Waals surface area contributed by atoms with Crippen molar-refractivity contribution in [2.24, 2.45) is 0 Å². The number of fused-ring (bicyclic) bond motifs is 1. The monoisotopic (exact) mass is 169 g/mol. The summed E-state index contributed by atoms with van der Waals surface area (Å²) in [6.45, 7) is 0. The van der Waals surface area contributed by atoms with Crippen LogP contribution in [0.2, 0.25) is 5.28 Å². The molecule has 0 radical (unpaired) electrons. The molecule has 0 saturated heterocycles. The number of nitrogens with two attached hydrogens (primary N) is 1. The van der Waals surface area contributed by atoms with Gasteiger partial charge in [0.1, 0.15) is 5.52 Å². The average Bonchev–Trinajstić information content (AvgIpc) is 2.34. The third-order valence-electron chi connectivity index (χ3n) is 1.30.